The molecule has 0 heterocycles. The first-order chi connectivity index (χ1) is 7.87. The van der Waals surface area contributed by atoms with Crippen molar-refractivity contribution in [2.45, 2.75) is 32.4 Å². The van der Waals surface area contributed by atoms with Gasteiger partial charge in [-0.05, 0) is 32.9 Å². The van der Waals surface area contributed by atoms with Gasteiger partial charge in [0.1, 0.15) is 24.3 Å². The van der Waals surface area contributed by atoms with E-state index in [0.717, 1.165) is 0 Å². The summed E-state index contributed by atoms with van der Waals surface area (Å²) in [6.07, 6.45) is -0.613. The van der Waals surface area contributed by atoms with Gasteiger partial charge in [-0.25, -0.2) is 4.39 Å². The van der Waals surface area contributed by atoms with E-state index in [2.05, 4.69) is 5.32 Å². The molecule has 3 nitrogen and oxygen atoms in total. The molecule has 96 valence electrons. The van der Waals surface area contributed by atoms with E-state index in [1.165, 1.54) is 12.1 Å². The summed E-state index contributed by atoms with van der Waals surface area (Å²) in [7, 11) is 0. The fourth-order valence-corrected chi connectivity index (χ4v) is 1.23. The molecule has 0 saturated heterocycles. The van der Waals surface area contributed by atoms with Gasteiger partial charge in [0.2, 0.25) is 0 Å². The second-order valence-electron chi connectivity index (χ2n) is 5.05. The van der Waals surface area contributed by atoms with Crippen LogP contribution in [0.4, 0.5) is 4.39 Å². The molecule has 0 spiro atoms. The van der Waals surface area contributed by atoms with Crippen molar-refractivity contribution < 1.29 is 14.2 Å². The van der Waals surface area contributed by atoms with Crippen molar-refractivity contribution in [2.24, 2.45) is 0 Å². The number of rotatable bonds is 5. The smallest absolute Gasteiger partial charge is 0.126 e. The standard InChI is InChI=1S/C13H20FNO2/c1-13(2,3)15-8-11(16)9-17-12-6-4-5-10(14)7-12/h4-7,11,15-16H,8-9H2,1-3H3. The molecular weight excluding hydrogens is 221 g/mol. The van der Waals surface area contributed by atoms with E-state index < -0.39 is 6.10 Å². The van der Waals surface area contributed by atoms with E-state index in [1.807, 2.05) is 20.8 Å². The Labute approximate surface area is 102 Å². The highest BCUT2D eigenvalue weighted by molar-refractivity contribution is 5.22. The zero-order chi connectivity index (χ0) is 12.9. The lowest BCUT2D eigenvalue weighted by molar-refractivity contribution is 0.0999. The number of ether oxygens (including phenoxy) is 1. The summed E-state index contributed by atoms with van der Waals surface area (Å²) >= 11 is 0. The maximum atomic E-state index is 12.8. The fraction of sp³-hybridized carbons (Fsp3) is 0.538. The third-order valence-corrected chi connectivity index (χ3v) is 2.11. The van der Waals surface area contributed by atoms with Crippen LogP contribution >= 0.6 is 0 Å². The van der Waals surface area contributed by atoms with Crippen molar-refractivity contribution in [1.82, 2.24) is 5.32 Å². The minimum Gasteiger partial charge on any atom is -0.491 e. The van der Waals surface area contributed by atoms with Crippen LogP contribution in [0.25, 0.3) is 0 Å². The maximum Gasteiger partial charge on any atom is 0.126 e. The lowest BCUT2D eigenvalue weighted by atomic mass is 10.1. The van der Waals surface area contributed by atoms with Crippen LogP contribution in [0.15, 0.2) is 24.3 Å². The molecule has 0 aliphatic heterocycles. The number of nitrogens with one attached hydrogen (secondary N) is 1. The van der Waals surface area contributed by atoms with Gasteiger partial charge < -0.3 is 15.2 Å². The molecule has 0 aliphatic carbocycles. The van der Waals surface area contributed by atoms with Gasteiger partial charge in [-0.2, -0.15) is 0 Å². The van der Waals surface area contributed by atoms with Gasteiger partial charge in [-0.15, -0.1) is 0 Å². The molecule has 1 aromatic rings. The van der Waals surface area contributed by atoms with Crippen LogP contribution in [0.5, 0.6) is 5.75 Å². The normalized spacial score (nSPS) is 13.5. The van der Waals surface area contributed by atoms with E-state index in [9.17, 15) is 9.50 Å². The minimum atomic E-state index is -0.613. The van der Waals surface area contributed by atoms with Gasteiger partial charge in [-0.3, -0.25) is 0 Å². The minimum absolute atomic E-state index is 0.0418. The molecule has 1 rings (SSSR count). The molecule has 4 heteroatoms. The van der Waals surface area contributed by atoms with E-state index in [1.54, 1.807) is 12.1 Å². The SMILES string of the molecule is CC(C)(C)NCC(O)COc1cccc(F)c1. The van der Waals surface area contributed by atoms with Gasteiger partial charge in [0.25, 0.3) is 0 Å². The molecule has 0 aromatic heterocycles. The molecule has 0 saturated carbocycles. The van der Waals surface area contributed by atoms with Gasteiger partial charge >= 0.3 is 0 Å². The Morgan fingerprint density at radius 1 is 1.41 bits per heavy atom. The predicted octanol–water partition coefficient (Wildman–Crippen LogP) is 1.95. The lowest BCUT2D eigenvalue weighted by Crippen LogP contribution is -2.42. The van der Waals surface area contributed by atoms with Crippen molar-refractivity contribution in [3.63, 3.8) is 0 Å². The van der Waals surface area contributed by atoms with Crippen molar-refractivity contribution in [2.75, 3.05) is 13.2 Å². The molecule has 0 radical (unpaired) electrons. The Morgan fingerprint density at radius 3 is 2.71 bits per heavy atom. The van der Waals surface area contributed by atoms with Crippen LogP contribution in [0.2, 0.25) is 0 Å². The number of aliphatic hydroxyl groups excluding tert-OH is 1. The highest BCUT2D eigenvalue weighted by Gasteiger charge is 2.12. The molecular formula is C13H20FNO2. The van der Waals surface area contributed by atoms with Gasteiger partial charge in [0.05, 0.1) is 0 Å². The second-order valence-corrected chi connectivity index (χ2v) is 5.05. The highest BCUT2D eigenvalue weighted by atomic mass is 19.1. The molecule has 17 heavy (non-hydrogen) atoms. The number of hydrogen-bond donors (Lipinski definition) is 2. The Kier molecular flexibility index (Phi) is 4.90. The molecule has 0 amide bonds. The third kappa shape index (κ3) is 6.24. The second kappa shape index (κ2) is 5.98. The van der Waals surface area contributed by atoms with Crippen molar-refractivity contribution in [3.05, 3.63) is 30.1 Å². The molecule has 0 aliphatic rings. The molecule has 0 bridgehead atoms. The highest BCUT2D eigenvalue weighted by Crippen LogP contribution is 2.12. The fourth-order valence-electron chi connectivity index (χ4n) is 1.23. The van der Waals surface area contributed by atoms with E-state index in [4.69, 9.17) is 4.74 Å². The summed E-state index contributed by atoms with van der Waals surface area (Å²) in [6.45, 7) is 6.65. The average molecular weight is 241 g/mol. The van der Waals surface area contributed by atoms with Crippen molar-refractivity contribution in [3.8, 4) is 5.75 Å². The largest absolute Gasteiger partial charge is 0.491 e. The van der Waals surface area contributed by atoms with Gasteiger partial charge in [-0.1, -0.05) is 6.07 Å². The van der Waals surface area contributed by atoms with E-state index >= 15 is 0 Å². The summed E-state index contributed by atoms with van der Waals surface area (Å²) in [5, 5.41) is 12.8. The average Bonchev–Trinajstić information content (AvgIpc) is 2.23. The number of halogens is 1. The summed E-state index contributed by atoms with van der Waals surface area (Å²) < 4.78 is 18.1. The van der Waals surface area contributed by atoms with Gasteiger partial charge in [0.15, 0.2) is 0 Å². The Bertz CT molecular complexity index is 350. The van der Waals surface area contributed by atoms with Gasteiger partial charge in [0, 0.05) is 18.2 Å². The Hall–Kier alpha value is -1.13. The molecule has 1 unspecified atom stereocenters. The Balaban J connectivity index is 2.31. The first kappa shape index (κ1) is 13.9. The van der Waals surface area contributed by atoms with Crippen LogP contribution in [0, 0.1) is 5.82 Å². The predicted molar refractivity (Wildman–Crippen MR) is 65.7 cm³/mol. The van der Waals surface area contributed by atoms with Crippen LogP contribution in [-0.2, 0) is 0 Å². The summed E-state index contributed by atoms with van der Waals surface area (Å²) in [6, 6.07) is 5.88. The van der Waals surface area contributed by atoms with Crippen molar-refractivity contribution >= 4 is 0 Å². The van der Waals surface area contributed by atoms with Crippen LogP contribution in [-0.4, -0.2) is 29.9 Å². The zero-order valence-electron chi connectivity index (χ0n) is 10.5. The van der Waals surface area contributed by atoms with Crippen molar-refractivity contribution in [1.29, 1.82) is 0 Å². The van der Waals surface area contributed by atoms with Crippen LogP contribution < -0.4 is 10.1 Å². The first-order valence-corrected chi connectivity index (χ1v) is 5.68. The third-order valence-electron chi connectivity index (χ3n) is 2.11. The summed E-state index contributed by atoms with van der Waals surface area (Å²) in [5.41, 5.74) is -0.0418. The van der Waals surface area contributed by atoms with Crippen LogP contribution in [0.1, 0.15) is 20.8 Å². The number of benzene rings is 1. The maximum absolute atomic E-state index is 12.8. The Morgan fingerprint density at radius 2 is 2.12 bits per heavy atom. The molecule has 1 aromatic carbocycles. The first-order valence-electron chi connectivity index (χ1n) is 5.68. The number of aliphatic hydroxyl groups is 1. The summed E-state index contributed by atoms with van der Waals surface area (Å²) in [5.74, 6) is 0.0876. The molecule has 1 atom stereocenters. The summed E-state index contributed by atoms with van der Waals surface area (Å²) in [4.78, 5) is 0. The topological polar surface area (TPSA) is 41.5 Å². The quantitative estimate of drug-likeness (QED) is 0.828. The molecule has 2 N–H and O–H groups in total. The number of β-amino-alcohol motifs (C(OH)–C–C–N with tert-alkyl or cyclic N) is 1. The van der Waals surface area contributed by atoms with E-state index in [0.29, 0.717) is 12.3 Å². The van der Waals surface area contributed by atoms with Crippen LogP contribution in [0.3, 0.4) is 0 Å². The lowest BCUT2D eigenvalue weighted by Gasteiger charge is -2.22. The van der Waals surface area contributed by atoms with E-state index in [-0.39, 0.29) is 18.0 Å². The molecule has 0 fully saturated rings. The number of hydrogen-bond acceptors (Lipinski definition) is 3. The zero-order valence-corrected chi connectivity index (χ0v) is 10.5. The monoisotopic (exact) mass is 241 g/mol.